The van der Waals surface area contributed by atoms with Gasteiger partial charge in [-0.3, -0.25) is 4.79 Å². The maximum atomic E-state index is 12.4. The van der Waals surface area contributed by atoms with Crippen LogP contribution in [0.25, 0.3) is 11.3 Å². The van der Waals surface area contributed by atoms with Gasteiger partial charge in [0.05, 0.1) is 6.04 Å². The lowest BCUT2D eigenvalue weighted by atomic mass is 9.91. The Balaban J connectivity index is 1.52. The Morgan fingerprint density at radius 1 is 1.10 bits per heavy atom. The van der Waals surface area contributed by atoms with Crippen LogP contribution in [-0.2, 0) is 0 Å². The Labute approximate surface area is 180 Å². The molecule has 0 radical (unpaired) electrons. The summed E-state index contributed by atoms with van der Waals surface area (Å²) in [5, 5.41) is 8.17. The van der Waals surface area contributed by atoms with Crippen molar-refractivity contribution < 1.29 is 9.53 Å². The van der Waals surface area contributed by atoms with E-state index in [-0.39, 0.29) is 12.0 Å². The van der Waals surface area contributed by atoms with Crippen LogP contribution in [0.5, 0.6) is 11.5 Å². The lowest BCUT2D eigenvalue weighted by molar-refractivity contribution is 0.100. The average Bonchev–Trinajstić information content (AvgIpc) is 3.06. The molecule has 7 heteroatoms. The zero-order valence-electron chi connectivity index (χ0n) is 16.9. The number of hydrogen-bond donors (Lipinski definition) is 3. The van der Waals surface area contributed by atoms with Gasteiger partial charge in [-0.2, -0.15) is 5.10 Å². The molecule has 0 saturated heterocycles. The summed E-state index contributed by atoms with van der Waals surface area (Å²) in [6.45, 7) is 0.702. The summed E-state index contributed by atoms with van der Waals surface area (Å²) in [6.07, 6.45) is 6.87. The molecule has 1 amide bonds. The third kappa shape index (κ3) is 3.54. The highest BCUT2D eigenvalue weighted by atomic mass is 16.5. The first kappa shape index (κ1) is 19.0. The predicted molar refractivity (Wildman–Crippen MR) is 120 cm³/mol. The number of nitrogens with zero attached hydrogens (tertiary/aromatic N) is 2. The number of ether oxygens (including phenoxy) is 1. The van der Waals surface area contributed by atoms with Crippen LogP contribution in [0.15, 0.2) is 78.5 Å². The minimum atomic E-state index is -0.512. The van der Waals surface area contributed by atoms with Crippen molar-refractivity contribution in [3.63, 3.8) is 0 Å². The minimum Gasteiger partial charge on any atom is -0.457 e. The molecule has 2 aromatic carbocycles. The van der Waals surface area contributed by atoms with Crippen LogP contribution in [0.4, 0.5) is 5.82 Å². The van der Waals surface area contributed by atoms with Crippen molar-refractivity contribution in [2.45, 2.75) is 12.5 Å². The molecule has 3 aromatic rings. The topological polar surface area (TPSA) is 108 Å². The predicted octanol–water partition coefficient (Wildman–Crippen LogP) is 3.83. The quantitative estimate of drug-likeness (QED) is 0.602. The standard InChI is InChI=1S/C24H23N5O2/c25-17-8-11-20-16(14-17)12-13-27-24-21(23(26)30)22(28-29(20)24)15-6-9-19(10-7-15)31-18-4-2-1-3-5-18/h1-11,14,16,20,27H,12-13,25H2,(H2,26,30). The Kier molecular flexibility index (Phi) is 4.71. The summed E-state index contributed by atoms with van der Waals surface area (Å²) < 4.78 is 7.73. The molecule has 0 fully saturated rings. The number of carbonyl (C=O) groups is 1. The molecule has 1 aliphatic heterocycles. The van der Waals surface area contributed by atoms with E-state index in [4.69, 9.17) is 21.3 Å². The van der Waals surface area contributed by atoms with Gasteiger partial charge < -0.3 is 21.5 Å². The molecule has 5 N–H and O–H groups in total. The van der Waals surface area contributed by atoms with Gasteiger partial charge in [0.25, 0.3) is 5.91 Å². The molecule has 0 saturated carbocycles. The molecule has 2 unspecified atom stereocenters. The second-order valence-electron chi connectivity index (χ2n) is 7.72. The first-order chi connectivity index (χ1) is 15.1. The van der Waals surface area contributed by atoms with Crippen LogP contribution in [0.3, 0.4) is 0 Å². The number of hydrogen-bond acceptors (Lipinski definition) is 5. The molecule has 1 aromatic heterocycles. The Hall–Kier alpha value is -4.00. The molecule has 31 heavy (non-hydrogen) atoms. The van der Waals surface area contributed by atoms with E-state index in [0.29, 0.717) is 29.4 Å². The zero-order valence-corrected chi connectivity index (χ0v) is 16.9. The highest BCUT2D eigenvalue weighted by molar-refractivity contribution is 6.03. The molecule has 7 nitrogen and oxygen atoms in total. The highest BCUT2D eigenvalue weighted by Crippen LogP contribution is 2.38. The third-order valence-corrected chi connectivity index (χ3v) is 5.65. The summed E-state index contributed by atoms with van der Waals surface area (Å²) in [7, 11) is 0. The van der Waals surface area contributed by atoms with Gasteiger partial charge in [0, 0.05) is 23.7 Å². The average molecular weight is 413 g/mol. The third-order valence-electron chi connectivity index (χ3n) is 5.65. The number of fused-ring (bicyclic) bond motifs is 3. The number of nitrogens with two attached hydrogens (primary N) is 2. The highest BCUT2D eigenvalue weighted by Gasteiger charge is 2.32. The minimum absolute atomic E-state index is 0.0233. The molecule has 5 rings (SSSR count). The summed E-state index contributed by atoms with van der Waals surface area (Å²) in [5.41, 5.74) is 14.3. The van der Waals surface area contributed by atoms with Crippen molar-refractivity contribution in [2.24, 2.45) is 17.4 Å². The van der Waals surface area contributed by atoms with Gasteiger partial charge in [-0.15, -0.1) is 0 Å². The first-order valence-electron chi connectivity index (χ1n) is 10.2. The van der Waals surface area contributed by atoms with Crippen molar-refractivity contribution in [3.05, 3.63) is 84.1 Å². The number of benzene rings is 2. The Morgan fingerprint density at radius 2 is 1.84 bits per heavy atom. The Bertz CT molecular complexity index is 1180. The molecule has 2 heterocycles. The number of amides is 1. The number of primary amides is 1. The molecule has 156 valence electrons. The summed E-state index contributed by atoms with van der Waals surface area (Å²) in [6, 6.07) is 17.0. The zero-order chi connectivity index (χ0) is 21.4. The second-order valence-corrected chi connectivity index (χ2v) is 7.72. The van der Waals surface area contributed by atoms with E-state index in [1.165, 1.54) is 0 Å². The van der Waals surface area contributed by atoms with Crippen LogP contribution in [-0.4, -0.2) is 22.2 Å². The van der Waals surface area contributed by atoms with Crippen molar-refractivity contribution in [1.29, 1.82) is 0 Å². The number of para-hydroxylation sites is 1. The fraction of sp³-hybridized carbons (Fsp3) is 0.167. The first-order valence-corrected chi connectivity index (χ1v) is 10.2. The van der Waals surface area contributed by atoms with Gasteiger partial charge in [-0.05, 0) is 48.9 Å². The smallest absolute Gasteiger partial charge is 0.254 e. The molecule has 0 bridgehead atoms. The fourth-order valence-corrected chi connectivity index (χ4v) is 4.19. The van der Waals surface area contributed by atoms with E-state index in [1.807, 2.05) is 71.4 Å². The van der Waals surface area contributed by atoms with Crippen LogP contribution in [0, 0.1) is 5.92 Å². The lowest BCUT2D eigenvalue weighted by Crippen LogP contribution is -2.20. The molecular weight excluding hydrogens is 390 g/mol. The summed E-state index contributed by atoms with van der Waals surface area (Å²) >= 11 is 0. The fourth-order valence-electron chi connectivity index (χ4n) is 4.19. The van der Waals surface area contributed by atoms with Gasteiger partial charge in [0.2, 0.25) is 0 Å². The van der Waals surface area contributed by atoms with Crippen LogP contribution in [0.2, 0.25) is 0 Å². The molecule has 2 atom stereocenters. The van der Waals surface area contributed by atoms with Crippen LogP contribution in [0.1, 0.15) is 22.8 Å². The van der Waals surface area contributed by atoms with Crippen molar-refractivity contribution >= 4 is 11.7 Å². The second kappa shape index (κ2) is 7.68. The normalized spacial score (nSPS) is 19.4. The molecule has 2 aliphatic rings. The van der Waals surface area contributed by atoms with Crippen molar-refractivity contribution in [3.8, 4) is 22.8 Å². The lowest BCUT2D eigenvalue weighted by Gasteiger charge is -2.23. The van der Waals surface area contributed by atoms with Gasteiger partial charge in [-0.1, -0.05) is 30.4 Å². The maximum absolute atomic E-state index is 12.4. The van der Waals surface area contributed by atoms with Crippen molar-refractivity contribution in [1.82, 2.24) is 9.78 Å². The van der Waals surface area contributed by atoms with E-state index >= 15 is 0 Å². The number of aromatic nitrogens is 2. The summed E-state index contributed by atoms with van der Waals surface area (Å²) in [4.78, 5) is 12.4. The largest absolute Gasteiger partial charge is 0.457 e. The molecule has 1 aliphatic carbocycles. The number of anilines is 1. The maximum Gasteiger partial charge on any atom is 0.254 e. The van der Waals surface area contributed by atoms with Gasteiger partial charge in [0.1, 0.15) is 28.6 Å². The Morgan fingerprint density at radius 3 is 2.58 bits per heavy atom. The van der Waals surface area contributed by atoms with Gasteiger partial charge >= 0.3 is 0 Å². The van der Waals surface area contributed by atoms with Gasteiger partial charge in [0.15, 0.2) is 0 Å². The number of rotatable bonds is 4. The SMILES string of the molecule is NC(=O)c1c(-c2ccc(Oc3ccccc3)cc2)nn2c1NCCC1C=C(N)C=CC12. The van der Waals surface area contributed by atoms with Crippen LogP contribution >= 0.6 is 0 Å². The molecule has 0 spiro atoms. The summed E-state index contributed by atoms with van der Waals surface area (Å²) in [5.74, 6) is 1.80. The number of nitrogens with one attached hydrogen (secondary N) is 1. The van der Waals surface area contributed by atoms with E-state index in [0.717, 1.165) is 23.4 Å². The number of carbonyl (C=O) groups excluding carboxylic acids is 1. The van der Waals surface area contributed by atoms with E-state index in [1.54, 1.807) is 0 Å². The molecular formula is C24H23N5O2. The monoisotopic (exact) mass is 413 g/mol. The van der Waals surface area contributed by atoms with Gasteiger partial charge in [-0.25, -0.2) is 4.68 Å². The number of allylic oxidation sites excluding steroid dienone is 3. The van der Waals surface area contributed by atoms with E-state index in [9.17, 15) is 4.79 Å². The van der Waals surface area contributed by atoms with Crippen LogP contribution < -0.4 is 21.5 Å². The van der Waals surface area contributed by atoms with E-state index < -0.39 is 5.91 Å². The van der Waals surface area contributed by atoms with Crippen molar-refractivity contribution in [2.75, 3.05) is 11.9 Å². The van der Waals surface area contributed by atoms with E-state index in [2.05, 4.69) is 11.4 Å².